The Bertz CT molecular complexity index is 252. The van der Waals surface area contributed by atoms with Crippen LogP contribution in [0, 0.1) is 0 Å². The molecule has 0 saturated carbocycles. The van der Waals surface area contributed by atoms with Crippen LogP contribution in [0.1, 0.15) is 0 Å². The van der Waals surface area contributed by atoms with Gasteiger partial charge in [-0.25, -0.2) is 4.79 Å². The van der Waals surface area contributed by atoms with Gasteiger partial charge < -0.3 is 4.74 Å². The number of hydrogen-bond donors (Lipinski definition) is 1. The fourth-order valence-electron chi connectivity index (χ4n) is 0.456. The molecule has 0 atom stereocenters. The fraction of sp³-hybridized carbons (Fsp3) is 0.250. The second-order valence-corrected chi connectivity index (χ2v) is 2.56. The van der Waals surface area contributed by atoms with Gasteiger partial charge >= 0.3 is 11.5 Å². The largest absolute Gasteiger partial charge is 0.448 e. The summed E-state index contributed by atoms with van der Waals surface area (Å²) in [6.45, 7) is -1.57. The molecule has 7 heteroatoms. The zero-order valence-electron chi connectivity index (χ0n) is 7.44. The minimum absolute atomic E-state index is 1.23. The quantitative estimate of drug-likeness (QED) is 0.605. The molecular weight excluding hydrogens is 231 g/mol. The van der Waals surface area contributed by atoms with Crippen molar-refractivity contribution in [3.63, 3.8) is 0 Å². The zero-order valence-corrected chi connectivity index (χ0v) is 8.33. The van der Waals surface area contributed by atoms with E-state index in [0.717, 1.165) is 0 Å². The third kappa shape index (κ3) is 12.8. The number of halogens is 3. The summed E-state index contributed by atoms with van der Waals surface area (Å²) in [5.41, 5.74) is 0. The van der Waals surface area contributed by atoms with Crippen molar-refractivity contribution < 1.29 is 22.7 Å². The molecule has 0 aliphatic heterocycles. The normalized spacial score (nSPS) is 9.87. The molecule has 15 heavy (non-hydrogen) atoms. The van der Waals surface area contributed by atoms with E-state index in [0.29, 0.717) is 0 Å². The van der Waals surface area contributed by atoms with E-state index in [-0.39, 0.29) is 0 Å². The molecule has 1 heterocycles. The molecule has 1 rings (SSSR count). The van der Waals surface area contributed by atoms with Gasteiger partial charge in [-0.1, -0.05) is 18.7 Å². The molecule has 3 nitrogen and oxygen atoms in total. The number of ether oxygens (including phenoxy) is 1. The third-order valence-corrected chi connectivity index (χ3v) is 1.05. The molecule has 0 N–H and O–H groups in total. The van der Waals surface area contributed by atoms with E-state index < -0.39 is 18.1 Å². The van der Waals surface area contributed by atoms with Crippen molar-refractivity contribution in [3.8, 4) is 0 Å². The summed E-state index contributed by atoms with van der Waals surface area (Å²) in [4.78, 5) is 13.4. The maximum atomic E-state index is 11.1. The van der Waals surface area contributed by atoms with Crippen LogP contribution in [0.2, 0.25) is 0 Å². The lowest BCUT2D eigenvalue weighted by Crippen LogP contribution is -2.17. The van der Waals surface area contributed by atoms with E-state index in [9.17, 15) is 18.0 Å². The van der Waals surface area contributed by atoms with Gasteiger partial charge in [-0.3, -0.25) is 4.98 Å². The number of nitrogens with zero attached hydrogens (tertiary/aromatic N) is 1. The average Bonchev–Trinajstić information content (AvgIpc) is 2.18. The van der Waals surface area contributed by atoms with Crippen LogP contribution in [-0.2, 0) is 4.74 Å². The number of rotatable bonds is 1. The van der Waals surface area contributed by atoms with E-state index in [1.807, 2.05) is 18.2 Å². The first-order valence-electron chi connectivity index (χ1n) is 3.69. The Labute approximate surface area is 89.7 Å². The zero-order chi connectivity index (χ0) is 11.7. The highest BCUT2D eigenvalue weighted by Gasteiger charge is 2.28. The smallest absolute Gasteiger partial charge is 0.422 e. The summed E-state index contributed by atoms with van der Waals surface area (Å²) in [6, 6.07) is 5.72. The number of thiol groups is 1. The molecule has 84 valence electrons. The van der Waals surface area contributed by atoms with Gasteiger partial charge in [0.25, 0.3) is 0 Å². The van der Waals surface area contributed by atoms with E-state index in [2.05, 4.69) is 22.3 Å². The first-order valence-corrected chi connectivity index (χ1v) is 4.14. The molecule has 0 saturated heterocycles. The Balaban J connectivity index is 0.000000280. The summed E-state index contributed by atoms with van der Waals surface area (Å²) in [5.74, 6) is 0. The number of alkyl halides is 3. The maximum Gasteiger partial charge on any atom is 0.422 e. The summed E-state index contributed by atoms with van der Waals surface area (Å²) in [5, 5.41) is -1.23. The van der Waals surface area contributed by atoms with Gasteiger partial charge in [-0.05, 0) is 12.1 Å². The summed E-state index contributed by atoms with van der Waals surface area (Å²) in [6.07, 6.45) is -0.960. The molecule has 0 fully saturated rings. The lowest BCUT2D eigenvalue weighted by molar-refractivity contribution is -0.158. The monoisotopic (exact) mass is 239 g/mol. The van der Waals surface area contributed by atoms with Crippen LogP contribution >= 0.6 is 12.6 Å². The number of carbonyl (C=O) groups excluding carboxylic acids is 1. The van der Waals surface area contributed by atoms with Crippen LogP contribution in [0.5, 0.6) is 0 Å². The Hall–Kier alpha value is -1.24. The van der Waals surface area contributed by atoms with Crippen LogP contribution in [0.4, 0.5) is 18.0 Å². The third-order valence-electron chi connectivity index (χ3n) is 0.926. The van der Waals surface area contributed by atoms with Gasteiger partial charge in [0, 0.05) is 12.4 Å². The second kappa shape index (κ2) is 7.10. The molecule has 0 aliphatic rings. The maximum absolute atomic E-state index is 11.1. The van der Waals surface area contributed by atoms with E-state index in [1.165, 1.54) is 0 Å². The van der Waals surface area contributed by atoms with E-state index in [1.54, 1.807) is 12.4 Å². The van der Waals surface area contributed by atoms with Crippen molar-refractivity contribution >= 4 is 17.9 Å². The van der Waals surface area contributed by atoms with Crippen LogP contribution in [0.15, 0.2) is 30.6 Å². The van der Waals surface area contributed by atoms with E-state index >= 15 is 0 Å². The van der Waals surface area contributed by atoms with Gasteiger partial charge in [0.15, 0.2) is 6.61 Å². The minimum Gasteiger partial charge on any atom is -0.448 e. The van der Waals surface area contributed by atoms with Crippen molar-refractivity contribution in [1.29, 1.82) is 0 Å². The highest BCUT2D eigenvalue weighted by Crippen LogP contribution is 2.14. The summed E-state index contributed by atoms with van der Waals surface area (Å²) >= 11 is 2.95. The summed E-state index contributed by atoms with van der Waals surface area (Å²) < 4.78 is 36.8. The highest BCUT2D eigenvalue weighted by atomic mass is 32.1. The standard InChI is InChI=1S/C5H5N.C3H3F3O2S/c1-2-4-6-5-3-1;4-3(5,6)1-8-2(7)9/h1-5H;1H2,(H,7,9). The number of carbonyl (C=O) groups is 1. The second-order valence-electron chi connectivity index (χ2n) is 2.19. The molecule has 0 spiro atoms. The van der Waals surface area contributed by atoms with E-state index in [4.69, 9.17) is 0 Å². The summed E-state index contributed by atoms with van der Waals surface area (Å²) in [7, 11) is 0. The van der Waals surface area contributed by atoms with Crippen LogP contribution in [-0.4, -0.2) is 23.1 Å². The highest BCUT2D eigenvalue weighted by molar-refractivity contribution is 7.96. The molecule has 0 amide bonds. The molecular formula is C8H8F3NO2S. The molecule has 0 bridgehead atoms. The van der Waals surface area contributed by atoms with Crippen molar-refractivity contribution in [2.45, 2.75) is 6.18 Å². The van der Waals surface area contributed by atoms with Crippen LogP contribution < -0.4 is 0 Å². The lowest BCUT2D eigenvalue weighted by Gasteiger charge is -2.03. The van der Waals surface area contributed by atoms with Crippen molar-refractivity contribution in [2.24, 2.45) is 0 Å². The van der Waals surface area contributed by atoms with Crippen LogP contribution in [0.3, 0.4) is 0 Å². The van der Waals surface area contributed by atoms with Gasteiger partial charge in [0.05, 0.1) is 0 Å². The minimum atomic E-state index is -4.46. The average molecular weight is 239 g/mol. The number of pyridine rings is 1. The van der Waals surface area contributed by atoms with Crippen molar-refractivity contribution in [3.05, 3.63) is 30.6 Å². The van der Waals surface area contributed by atoms with Gasteiger partial charge in [-0.2, -0.15) is 13.2 Å². The van der Waals surface area contributed by atoms with Crippen molar-refractivity contribution in [1.82, 2.24) is 4.98 Å². The molecule has 0 aromatic carbocycles. The van der Waals surface area contributed by atoms with Crippen LogP contribution in [0.25, 0.3) is 0 Å². The SMILES string of the molecule is O=C(S)OCC(F)(F)F.c1ccncc1. The van der Waals surface area contributed by atoms with Gasteiger partial charge in [-0.15, -0.1) is 0 Å². The Kier molecular flexibility index (Phi) is 6.52. The lowest BCUT2D eigenvalue weighted by atomic mass is 10.5. The number of hydrogen-bond acceptors (Lipinski definition) is 3. The Morgan fingerprint density at radius 2 is 1.80 bits per heavy atom. The predicted molar refractivity (Wildman–Crippen MR) is 50.6 cm³/mol. The molecule has 1 aromatic heterocycles. The Morgan fingerprint density at radius 3 is 1.93 bits per heavy atom. The van der Waals surface area contributed by atoms with Gasteiger partial charge in [0.2, 0.25) is 0 Å². The topological polar surface area (TPSA) is 39.2 Å². The van der Waals surface area contributed by atoms with Crippen molar-refractivity contribution in [2.75, 3.05) is 6.61 Å². The predicted octanol–water partition coefficient (Wildman–Crippen LogP) is 2.70. The van der Waals surface area contributed by atoms with Gasteiger partial charge in [0.1, 0.15) is 0 Å². The first-order chi connectivity index (χ1) is 6.92. The Morgan fingerprint density at radius 1 is 1.27 bits per heavy atom. The molecule has 0 radical (unpaired) electrons. The fourth-order valence-corrected chi connectivity index (χ4v) is 0.521. The molecule has 1 aromatic rings. The first kappa shape index (κ1) is 13.8. The molecule has 0 unspecified atom stereocenters. The number of aromatic nitrogens is 1. The molecule has 0 aliphatic carbocycles.